The third-order valence-corrected chi connectivity index (χ3v) is 10.8. The van der Waals surface area contributed by atoms with Gasteiger partial charge in [-0.05, 0) is 25.0 Å². The van der Waals surface area contributed by atoms with Crippen molar-refractivity contribution in [3.63, 3.8) is 0 Å². The van der Waals surface area contributed by atoms with E-state index in [9.17, 15) is 27.3 Å². The number of hydrogen-bond acceptors (Lipinski definition) is 10. The van der Waals surface area contributed by atoms with Crippen LogP contribution in [0.25, 0.3) is 27.1 Å². The summed E-state index contributed by atoms with van der Waals surface area (Å²) in [5, 5.41) is 17.9. The molecule has 3 aromatic heterocycles. The molecule has 224 valence electrons. The van der Waals surface area contributed by atoms with E-state index in [0.29, 0.717) is 78.1 Å². The maximum atomic E-state index is 13.5. The van der Waals surface area contributed by atoms with Crippen molar-refractivity contribution in [1.29, 1.82) is 5.26 Å². The molecule has 0 spiro atoms. The summed E-state index contributed by atoms with van der Waals surface area (Å²) < 4.78 is 57.6. The Morgan fingerprint density at radius 1 is 1.16 bits per heavy atom. The van der Waals surface area contributed by atoms with E-state index in [2.05, 4.69) is 29.8 Å². The molecule has 1 saturated carbocycles. The molecule has 2 amide bonds. The summed E-state index contributed by atoms with van der Waals surface area (Å²) in [6, 6.07) is 6.54. The number of amides is 2. The molecular weight excluding hydrogens is 602 g/mol. The first-order chi connectivity index (χ1) is 20.5. The summed E-state index contributed by atoms with van der Waals surface area (Å²) in [4.78, 5) is 27.1. The van der Waals surface area contributed by atoms with E-state index in [1.165, 1.54) is 23.0 Å². The average molecular weight is 629 g/mol. The van der Waals surface area contributed by atoms with E-state index >= 15 is 0 Å². The van der Waals surface area contributed by atoms with Crippen molar-refractivity contribution in [2.45, 2.75) is 29.7 Å². The lowest BCUT2D eigenvalue weighted by atomic mass is 10.0. The number of aromatic nitrogens is 5. The molecule has 4 aromatic rings. The predicted molar refractivity (Wildman–Crippen MR) is 153 cm³/mol. The van der Waals surface area contributed by atoms with Crippen molar-refractivity contribution < 1.29 is 22.0 Å². The third-order valence-electron chi connectivity index (χ3n) is 8.35. The number of sulfonamides is 1. The molecule has 2 atom stereocenters. The van der Waals surface area contributed by atoms with Crippen molar-refractivity contribution in [2.24, 2.45) is 11.8 Å². The van der Waals surface area contributed by atoms with Crippen LogP contribution in [0, 0.1) is 23.2 Å². The van der Waals surface area contributed by atoms with E-state index in [-0.39, 0.29) is 27.9 Å². The summed E-state index contributed by atoms with van der Waals surface area (Å²) in [5.41, 5.74) is -0.373. The van der Waals surface area contributed by atoms with Gasteiger partial charge >= 0.3 is 6.03 Å². The zero-order chi connectivity index (χ0) is 30.3. The third kappa shape index (κ3) is 4.55. The Labute approximate surface area is 248 Å². The van der Waals surface area contributed by atoms with Gasteiger partial charge in [-0.2, -0.15) is 9.98 Å². The minimum absolute atomic E-state index is 0.0173. The summed E-state index contributed by atoms with van der Waals surface area (Å²) in [7, 11) is -0.609. The van der Waals surface area contributed by atoms with Gasteiger partial charge in [0, 0.05) is 57.5 Å². The van der Waals surface area contributed by atoms with E-state index in [0.717, 1.165) is 0 Å². The van der Waals surface area contributed by atoms with Gasteiger partial charge in [0.05, 0.1) is 21.9 Å². The number of halogens is 2. The van der Waals surface area contributed by atoms with Crippen molar-refractivity contribution in [3.05, 3.63) is 29.5 Å². The van der Waals surface area contributed by atoms with Gasteiger partial charge in [-0.1, -0.05) is 17.4 Å². The molecule has 17 heteroatoms. The number of nitrogens with one attached hydrogen (secondary N) is 1. The standard InChI is InChI=1S/C26H26F2N10O3S2/c1-35(2)25(39)37-10-14-8-36(9-15(14)11-37)21-19-17-4-3-16(43(40,41)34-26(12-29)5-6-26)7-18(17)38(22(19)31-13-30-21)24-33-32-23(42-24)20(27)28/h3-4,7,13-15,20,34H,5-6,8-11H2,1-2H3. The number of nitriles is 1. The van der Waals surface area contributed by atoms with Gasteiger partial charge in [-0.15, -0.1) is 10.2 Å². The van der Waals surface area contributed by atoms with E-state index < -0.39 is 27.0 Å². The molecule has 3 fully saturated rings. The van der Waals surface area contributed by atoms with Gasteiger partial charge in [-0.3, -0.25) is 4.57 Å². The van der Waals surface area contributed by atoms with Gasteiger partial charge in [-0.25, -0.2) is 32.0 Å². The molecule has 3 aliphatic rings. The Morgan fingerprint density at radius 3 is 2.49 bits per heavy atom. The van der Waals surface area contributed by atoms with Crippen molar-refractivity contribution in [2.75, 3.05) is 45.2 Å². The highest BCUT2D eigenvalue weighted by atomic mass is 32.2. The van der Waals surface area contributed by atoms with Gasteiger partial charge < -0.3 is 14.7 Å². The SMILES string of the molecule is CN(C)C(=O)N1CC2CN(c3ncnc4c3c3ccc(S(=O)(=O)NC5(C#N)CC5)cc3n4-c3nnc(C(F)F)s3)CC2C1. The maximum absolute atomic E-state index is 13.5. The van der Waals surface area contributed by atoms with Crippen LogP contribution in [-0.2, 0) is 10.0 Å². The Bertz CT molecular complexity index is 1920. The Hall–Kier alpha value is -4.01. The topological polar surface area (TPSA) is 153 Å². The molecule has 0 radical (unpaired) electrons. The van der Waals surface area contributed by atoms with Crippen LogP contribution in [-0.4, -0.2) is 94.8 Å². The monoisotopic (exact) mass is 628 g/mol. The summed E-state index contributed by atoms with van der Waals surface area (Å²) in [6.45, 7) is 2.57. The fourth-order valence-corrected chi connectivity index (χ4v) is 8.20. The largest absolute Gasteiger partial charge is 0.355 e. The lowest BCUT2D eigenvalue weighted by Crippen LogP contribution is -2.39. The normalized spacial score (nSPS) is 21.1. The highest BCUT2D eigenvalue weighted by Crippen LogP contribution is 2.42. The van der Waals surface area contributed by atoms with Crippen LogP contribution in [0.1, 0.15) is 24.3 Å². The summed E-state index contributed by atoms with van der Waals surface area (Å²) in [6.07, 6.45) is -0.594. The van der Waals surface area contributed by atoms with Gasteiger partial charge in [0.25, 0.3) is 6.43 Å². The fourth-order valence-electron chi connectivity index (χ4n) is 6.09. The molecule has 7 rings (SSSR count). The number of hydrogen-bond donors (Lipinski definition) is 1. The first kappa shape index (κ1) is 27.8. The summed E-state index contributed by atoms with van der Waals surface area (Å²) >= 11 is 0.689. The maximum Gasteiger partial charge on any atom is 0.319 e. The average Bonchev–Trinajstić information content (AvgIpc) is 3.35. The second-order valence-corrected chi connectivity index (χ2v) is 14.1. The number of alkyl halides is 2. The van der Waals surface area contributed by atoms with E-state index in [1.54, 1.807) is 25.1 Å². The second kappa shape index (κ2) is 9.76. The van der Waals surface area contributed by atoms with Crippen molar-refractivity contribution in [3.8, 4) is 11.2 Å². The highest BCUT2D eigenvalue weighted by molar-refractivity contribution is 7.89. The Kier molecular flexibility index (Phi) is 6.31. The molecular formula is C26H26F2N10O3S2. The number of likely N-dealkylation sites (tertiary alicyclic amines) is 1. The number of nitrogens with zero attached hydrogens (tertiary/aromatic N) is 9. The molecule has 2 unspecified atom stereocenters. The van der Waals surface area contributed by atoms with Gasteiger partial charge in [0.2, 0.25) is 15.2 Å². The fraction of sp³-hybridized carbons (Fsp3) is 0.462. The van der Waals surface area contributed by atoms with E-state index in [4.69, 9.17) is 0 Å². The number of benzene rings is 1. The molecule has 13 nitrogen and oxygen atoms in total. The van der Waals surface area contributed by atoms with Crippen molar-refractivity contribution >= 4 is 55.1 Å². The second-order valence-electron chi connectivity index (χ2n) is 11.4. The first-order valence-electron chi connectivity index (χ1n) is 13.6. The molecule has 2 aliphatic heterocycles. The molecule has 1 aromatic carbocycles. The lowest BCUT2D eigenvalue weighted by Gasteiger charge is -2.25. The van der Waals surface area contributed by atoms with Crippen LogP contribution >= 0.6 is 11.3 Å². The molecule has 43 heavy (non-hydrogen) atoms. The number of anilines is 1. The Morgan fingerprint density at radius 2 is 1.88 bits per heavy atom. The predicted octanol–water partition coefficient (Wildman–Crippen LogP) is 2.75. The van der Waals surface area contributed by atoms with Crippen LogP contribution < -0.4 is 9.62 Å². The highest BCUT2D eigenvalue weighted by Gasteiger charge is 2.47. The molecule has 1 N–H and O–H groups in total. The number of fused-ring (bicyclic) bond motifs is 4. The Balaban J connectivity index is 1.34. The van der Waals surface area contributed by atoms with Crippen LogP contribution in [0.2, 0.25) is 0 Å². The first-order valence-corrected chi connectivity index (χ1v) is 15.9. The van der Waals surface area contributed by atoms with Crippen LogP contribution in [0.3, 0.4) is 0 Å². The molecule has 5 heterocycles. The van der Waals surface area contributed by atoms with E-state index in [1.807, 2.05) is 11.0 Å². The molecule has 1 aliphatic carbocycles. The smallest absolute Gasteiger partial charge is 0.319 e. The van der Waals surface area contributed by atoms with Gasteiger partial charge in [0.15, 0.2) is 10.7 Å². The minimum atomic E-state index is -4.08. The summed E-state index contributed by atoms with van der Waals surface area (Å²) in [5.74, 6) is 1.12. The molecule has 0 bridgehead atoms. The number of carbonyl (C=O) groups excluding carboxylic acids is 1. The van der Waals surface area contributed by atoms with Crippen LogP contribution in [0.5, 0.6) is 0 Å². The number of rotatable bonds is 6. The quantitative estimate of drug-likeness (QED) is 0.340. The zero-order valence-corrected chi connectivity index (χ0v) is 24.7. The molecule has 2 saturated heterocycles. The zero-order valence-electron chi connectivity index (χ0n) is 23.1. The number of carbonyl (C=O) groups is 1. The van der Waals surface area contributed by atoms with Crippen LogP contribution in [0.4, 0.5) is 19.4 Å². The van der Waals surface area contributed by atoms with Crippen molar-refractivity contribution in [1.82, 2.24) is 39.3 Å². The minimum Gasteiger partial charge on any atom is -0.355 e. The lowest BCUT2D eigenvalue weighted by molar-refractivity contribution is 0.150. The van der Waals surface area contributed by atoms with Crippen LogP contribution in [0.15, 0.2) is 29.4 Å². The number of urea groups is 1. The van der Waals surface area contributed by atoms with Gasteiger partial charge in [0.1, 0.15) is 17.7 Å².